The van der Waals surface area contributed by atoms with Crippen LogP contribution in [0.25, 0.3) is 0 Å². The third-order valence-electron chi connectivity index (χ3n) is 2.42. The van der Waals surface area contributed by atoms with Crippen LogP contribution >= 0.6 is 0 Å². The van der Waals surface area contributed by atoms with Crippen molar-refractivity contribution in [2.24, 2.45) is 0 Å². The monoisotopic (exact) mass is 270 g/mol. The number of anilines is 1. The summed E-state index contributed by atoms with van der Waals surface area (Å²) >= 11 is 0. The first kappa shape index (κ1) is 14.9. The highest BCUT2D eigenvalue weighted by atomic mass is 19.1. The lowest BCUT2D eigenvalue weighted by Gasteiger charge is -2.12. The minimum atomic E-state index is -1.23. The van der Waals surface area contributed by atoms with E-state index in [0.717, 1.165) is 6.07 Å². The Labute approximate surface area is 109 Å². The molecule has 0 saturated carbocycles. The number of nitrogens with one attached hydrogen (secondary N) is 2. The highest BCUT2D eigenvalue weighted by molar-refractivity contribution is 5.91. The molecule has 19 heavy (non-hydrogen) atoms. The molecule has 1 unspecified atom stereocenters. The maximum Gasteiger partial charge on any atom is 0.335 e. The average molecular weight is 270 g/mol. The minimum absolute atomic E-state index is 0.0902. The van der Waals surface area contributed by atoms with Gasteiger partial charge < -0.3 is 20.5 Å². The number of aromatic carboxylic acids is 1. The predicted molar refractivity (Wildman–Crippen MR) is 66.9 cm³/mol. The normalized spacial score (nSPS) is 11.7. The number of carboxylic acid groups (broad SMARTS) is 1. The van der Waals surface area contributed by atoms with Crippen LogP contribution in [-0.4, -0.2) is 36.9 Å². The lowest BCUT2D eigenvalue weighted by atomic mass is 10.2. The smallest absolute Gasteiger partial charge is 0.335 e. The van der Waals surface area contributed by atoms with Gasteiger partial charge in [-0.2, -0.15) is 0 Å². The summed E-state index contributed by atoms with van der Waals surface area (Å²) in [4.78, 5) is 22.1. The predicted octanol–water partition coefficient (Wildman–Crippen LogP) is 1.68. The van der Waals surface area contributed by atoms with Crippen molar-refractivity contribution in [3.8, 4) is 0 Å². The number of benzene rings is 1. The molecule has 0 heterocycles. The number of hydrogen-bond donors (Lipinski definition) is 3. The topological polar surface area (TPSA) is 87.7 Å². The zero-order valence-corrected chi connectivity index (χ0v) is 10.6. The van der Waals surface area contributed by atoms with E-state index in [4.69, 9.17) is 9.84 Å². The van der Waals surface area contributed by atoms with Gasteiger partial charge in [0.25, 0.3) is 0 Å². The van der Waals surface area contributed by atoms with Gasteiger partial charge in [-0.15, -0.1) is 0 Å². The molecule has 0 aliphatic carbocycles. The summed E-state index contributed by atoms with van der Waals surface area (Å²) in [5.41, 5.74) is -0.274. The highest BCUT2D eigenvalue weighted by Crippen LogP contribution is 2.15. The fourth-order valence-electron chi connectivity index (χ4n) is 1.24. The summed E-state index contributed by atoms with van der Waals surface area (Å²) in [7, 11) is 1.51. The first-order valence-corrected chi connectivity index (χ1v) is 5.54. The molecule has 0 fully saturated rings. The van der Waals surface area contributed by atoms with E-state index < -0.39 is 17.8 Å². The van der Waals surface area contributed by atoms with Gasteiger partial charge in [0.15, 0.2) is 0 Å². The van der Waals surface area contributed by atoms with Gasteiger partial charge in [-0.25, -0.2) is 14.0 Å². The van der Waals surface area contributed by atoms with Crippen molar-refractivity contribution in [3.63, 3.8) is 0 Å². The summed E-state index contributed by atoms with van der Waals surface area (Å²) in [5, 5.41) is 13.4. The molecule has 1 rings (SSSR count). The van der Waals surface area contributed by atoms with Gasteiger partial charge in [0.05, 0.1) is 17.4 Å². The van der Waals surface area contributed by atoms with E-state index in [0.29, 0.717) is 0 Å². The molecule has 0 radical (unpaired) electrons. The molecule has 0 spiro atoms. The zero-order valence-electron chi connectivity index (χ0n) is 10.6. The van der Waals surface area contributed by atoms with Crippen LogP contribution < -0.4 is 10.6 Å². The van der Waals surface area contributed by atoms with Crippen molar-refractivity contribution >= 4 is 17.7 Å². The first-order valence-electron chi connectivity index (χ1n) is 5.54. The van der Waals surface area contributed by atoms with Crippen LogP contribution in [0.15, 0.2) is 18.2 Å². The number of urea groups is 1. The van der Waals surface area contributed by atoms with Crippen molar-refractivity contribution in [1.82, 2.24) is 5.32 Å². The van der Waals surface area contributed by atoms with Crippen LogP contribution in [0.4, 0.5) is 14.9 Å². The lowest BCUT2D eigenvalue weighted by molar-refractivity contribution is 0.0696. The van der Waals surface area contributed by atoms with Crippen LogP contribution in [0.3, 0.4) is 0 Å². The third-order valence-corrected chi connectivity index (χ3v) is 2.42. The summed E-state index contributed by atoms with van der Waals surface area (Å²) in [6, 6.07) is 2.65. The Bertz CT molecular complexity index is 479. The fraction of sp³-hybridized carbons (Fsp3) is 0.333. The van der Waals surface area contributed by atoms with Gasteiger partial charge in [-0.3, -0.25) is 0 Å². The Kier molecular flexibility index (Phi) is 5.25. The summed E-state index contributed by atoms with van der Waals surface area (Å²) in [5.74, 6) is -2.04. The van der Waals surface area contributed by atoms with Crippen molar-refractivity contribution < 1.29 is 23.8 Å². The second kappa shape index (κ2) is 6.69. The summed E-state index contributed by atoms with van der Waals surface area (Å²) in [6.07, 6.45) is -0.162. The van der Waals surface area contributed by atoms with Crippen LogP contribution in [0, 0.1) is 5.82 Å². The molecule has 6 nitrogen and oxygen atoms in total. The lowest BCUT2D eigenvalue weighted by Crippen LogP contribution is -2.35. The van der Waals surface area contributed by atoms with Gasteiger partial charge in [-0.1, -0.05) is 0 Å². The Morgan fingerprint density at radius 1 is 1.47 bits per heavy atom. The van der Waals surface area contributed by atoms with E-state index >= 15 is 0 Å². The Hall–Kier alpha value is -2.15. The number of amides is 2. The zero-order chi connectivity index (χ0) is 14.4. The molecule has 0 aliphatic rings. The quantitative estimate of drug-likeness (QED) is 0.759. The van der Waals surface area contributed by atoms with Crippen LogP contribution in [-0.2, 0) is 4.74 Å². The van der Waals surface area contributed by atoms with Crippen molar-refractivity contribution in [2.45, 2.75) is 13.0 Å². The molecule has 0 aromatic heterocycles. The van der Waals surface area contributed by atoms with Gasteiger partial charge in [0.2, 0.25) is 0 Å². The average Bonchev–Trinajstić information content (AvgIpc) is 2.38. The van der Waals surface area contributed by atoms with Gasteiger partial charge in [-0.05, 0) is 25.1 Å². The van der Waals surface area contributed by atoms with E-state index in [1.807, 2.05) is 0 Å². The molecular weight excluding hydrogens is 255 g/mol. The molecule has 104 valence electrons. The van der Waals surface area contributed by atoms with Crippen LogP contribution in [0.2, 0.25) is 0 Å². The third kappa shape index (κ3) is 4.55. The summed E-state index contributed by atoms with van der Waals surface area (Å²) in [6.45, 7) is 2.04. The Balaban J connectivity index is 2.62. The van der Waals surface area contributed by atoms with Gasteiger partial charge in [0, 0.05) is 13.7 Å². The number of hydrogen-bond acceptors (Lipinski definition) is 3. The summed E-state index contributed by atoms with van der Waals surface area (Å²) < 4.78 is 18.4. The van der Waals surface area contributed by atoms with Crippen LogP contribution in [0.1, 0.15) is 17.3 Å². The standard InChI is InChI=1S/C12H15FN2O4/c1-7(19-2)6-14-12(18)15-10-4-3-8(11(16)17)5-9(10)13/h3-5,7H,6H2,1-2H3,(H,16,17)(H2,14,15,18). The van der Waals surface area contributed by atoms with Crippen molar-refractivity contribution in [2.75, 3.05) is 19.0 Å². The Morgan fingerprint density at radius 3 is 2.68 bits per heavy atom. The van der Waals surface area contributed by atoms with Gasteiger partial charge in [0.1, 0.15) is 5.82 Å². The number of rotatable bonds is 5. The molecule has 0 aliphatic heterocycles. The molecule has 1 aromatic rings. The number of ether oxygens (including phenoxy) is 1. The van der Waals surface area contributed by atoms with Crippen LogP contribution in [0.5, 0.6) is 0 Å². The van der Waals surface area contributed by atoms with E-state index in [9.17, 15) is 14.0 Å². The molecule has 7 heteroatoms. The molecule has 0 bridgehead atoms. The van der Waals surface area contributed by atoms with E-state index in [1.165, 1.54) is 19.2 Å². The highest BCUT2D eigenvalue weighted by Gasteiger charge is 2.11. The second-order valence-electron chi connectivity index (χ2n) is 3.88. The van der Waals surface area contributed by atoms with Crippen molar-refractivity contribution in [3.05, 3.63) is 29.6 Å². The molecular formula is C12H15FN2O4. The molecule has 0 saturated heterocycles. The number of halogens is 1. The number of methoxy groups -OCH3 is 1. The minimum Gasteiger partial charge on any atom is -0.478 e. The van der Waals surface area contributed by atoms with E-state index in [1.54, 1.807) is 6.92 Å². The van der Waals surface area contributed by atoms with Gasteiger partial charge >= 0.3 is 12.0 Å². The van der Waals surface area contributed by atoms with E-state index in [-0.39, 0.29) is 23.9 Å². The fourth-order valence-corrected chi connectivity index (χ4v) is 1.24. The number of carbonyl (C=O) groups excluding carboxylic acids is 1. The molecule has 3 N–H and O–H groups in total. The number of carbonyl (C=O) groups is 2. The maximum atomic E-state index is 13.5. The first-order chi connectivity index (χ1) is 8.93. The van der Waals surface area contributed by atoms with E-state index in [2.05, 4.69) is 10.6 Å². The molecule has 2 amide bonds. The SMILES string of the molecule is COC(C)CNC(=O)Nc1ccc(C(=O)O)cc1F. The Morgan fingerprint density at radius 2 is 2.16 bits per heavy atom. The second-order valence-corrected chi connectivity index (χ2v) is 3.88. The molecule has 1 atom stereocenters. The molecule has 1 aromatic carbocycles. The largest absolute Gasteiger partial charge is 0.478 e. The number of carboxylic acids is 1. The maximum absolute atomic E-state index is 13.5. The van der Waals surface area contributed by atoms with Crippen molar-refractivity contribution in [1.29, 1.82) is 0 Å².